The van der Waals surface area contributed by atoms with Crippen LogP contribution in [0, 0.1) is 17.7 Å². The number of halogens is 2. The Bertz CT molecular complexity index is 570. The summed E-state index contributed by atoms with van der Waals surface area (Å²) in [5.41, 5.74) is 0.336. The SMILES string of the molecule is COC(=O)C(C=Nc1ccc(Br)c(F)c1)C(=O)C1CC1. The second-order valence-corrected chi connectivity index (χ2v) is 5.41. The summed E-state index contributed by atoms with van der Waals surface area (Å²) in [5.74, 6) is -2.37. The van der Waals surface area contributed by atoms with Gasteiger partial charge < -0.3 is 4.74 Å². The maximum atomic E-state index is 13.3. The second kappa shape index (κ2) is 6.26. The van der Waals surface area contributed by atoms with Gasteiger partial charge in [-0.1, -0.05) is 0 Å². The molecule has 1 unspecified atom stereocenters. The van der Waals surface area contributed by atoms with Crippen LogP contribution in [-0.4, -0.2) is 25.1 Å². The van der Waals surface area contributed by atoms with Crippen LogP contribution in [0.1, 0.15) is 12.8 Å². The fourth-order valence-electron chi connectivity index (χ4n) is 1.73. The molecule has 20 heavy (non-hydrogen) atoms. The third-order valence-corrected chi connectivity index (χ3v) is 3.66. The number of rotatable bonds is 5. The molecule has 6 heteroatoms. The van der Waals surface area contributed by atoms with Crippen LogP contribution in [0.25, 0.3) is 0 Å². The molecule has 1 atom stereocenters. The standard InChI is InChI=1S/C14H13BrFNO3/c1-20-14(19)10(13(18)8-2-3-8)7-17-9-4-5-11(15)12(16)6-9/h4-8,10H,2-3H2,1H3. The van der Waals surface area contributed by atoms with Crippen molar-refractivity contribution in [2.75, 3.05) is 7.11 Å². The molecule has 0 heterocycles. The van der Waals surface area contributed by atoms with Crippen molar-refractivity contribution in [3.05, 3.63) is 28.5 Å². The van der Waals surface area contributed by atoms with Crippen molar-refractivity contribution in [3.63, 3.8) is 0 Å². The first-order valence-electron chi connectivity index (χ1n) is 6.13. The minimum absolute atomic E-state index is 0.0767. The number of ether oxygens (including phenoxy) is 1. The Labute approximate surface area is 124 Å². The van der Waals surface area contributed by atoms with E-state index in [2.05, 4.69) is 25.7 Å². The summed E-state index contributed by atoms with van der Waals surface area (Å²) in [5, 5.41) is 0. The molecular weight excluding hydrogens is 329 g/mol. The molecule has 1 aliphatic rings. The summed E-state index contributed by atoms with van der Waals surface area (Å²) in [6.07, 6.45) is 2.83. The topological polar surface area (TPSA) is 55.7 Å². The van der Waals surface area contributed by atoms with Gasteiger partial charge >= 0.3 is 5.97 Å². The predicted molar refractivity (Wildman–Crippen MR) is 75.5 cm³/mol. The maximum Gasteiger partial charge on any atom is 0.321 e. The lowest BCUT2D eigenvalue weighted by Crippen LogP contribution is -2.27. The monoisotopic (exact) mass is 341 g/mol. The van der Waals surface area contributed by atoms with E-state index in [1.165, 1.54) is 25.5 Å². The summed E-state index contributed by atoms with van der Waals surface area (Å²) in [6, 6.07) is 4.31. The van der Waals surface area contributed by atoms with Crippen LogP contribution in [0.2, 0.25) is 0 Å². The van der Waals surface area contributed by atoms with E-state index in [1.807, 2.05) is 0 Å². The first-order valence-corrected chi connectivity index (χ1v) is 6.93. The lowest BCUT2D eigenvalue weighted by atomic mass is 10.0. The number of aliphatic imine (C=N–C) groups is 1. The Morgan fingerprint density at radius 1 is 1.50 bits per heavy atom. The first-order chi connectivity index (χ1) is 9.52. The average molecular weight is 342 g/mol. The molecule has 1 aromatic carbocycles. The van der Waals surface area contributed by atoms with E-state index in [1.54, 1.807) is 6.07 Å². The van der Waals surface area contributed by atoms with E-state index in [4.69, 9.17) is 0 Å². The number of carbonyl (C=O) groups excluding carboxylic acids is 2. The van der Waals surface area contributed by atoms with E-state index in [-0.39, 0.29) is 11.7 Å². The Hall–Kier alpha value is -1.56. The first kappa shape index (κ1) is 14.8. The lowest BCUT2D eigenvalue weighted by Gasteiger charge is -2.07. The zero-order valence-corrected chi connectivity index (χ0v) is 12.4. The number of Topliss-reactive ketones (excluding diaryl/α,β-unsaturated/α-hetero) is 1. The summed E-state index contributed by atoms with van der Waals surface area (Å²) in [4.78, 5) is 27.6. The van der Waals surface area contributed by atoms with Crippen molar-refractivity contribution in [2.24, 2.45) is 16.8 Å². The average Bonchev–Trinajstić information content (AvgIpc) is 3.26. The lowest BCUT2D eigenvalue weighted by molar-refractivity contribution is -0.146. The van der Waals surface area contributed by atoms with Crippen LogP contribution in [0.5, 0.6) is 0 Å². The molecule has 1 fully saturated rings. The van der Waals surface area contributed by atoms with Gasteiger partial charge in [0.1, 0.15) is 5.82 Å². The van der Waals surface area contributed by atoms with Crippen LogP contribution in [-0.2, 0) is 14.3 Å². The molecule has 0 bridgehead atoms. The Morgan fingerprint density at radius 3 is 2.75 bits per heavy atom. The minimum Gasteiger partial charge on any atom is -0.468 e. The molecule has 0 aromatic heterocycles. The van der Waals surface area contributed by atoms with E-state index in [0.29, 0.717) is 10.2 Å². The summed E-state index contributed by atoms with van der Waals surface area (Å²) >= 11 is 3.04. The van der Waals surface area contributed by atoms with E-state index < -0.39 is 17.7 Å². The van der Waals surface area contributed by atoms with Gasteiger partial charge in [0.2, 0.25) is 0 Å². The highest BCUT2D eigenvalue weighted by Gasteiger charge is 2.38. The summed E-state index contributed by atoms with van der Waals surface area (Å²) < 4.78 is 18.3. The van der Waals surface area contributed by atoms with Crippen LogP contribution in [0.3, 0.4) is 0 Å². The van der Waals surface area contributed by atoms with Gasteiger partial charge in [0.25, 0.3) is 0 Å². The quantitative estimate of drug-likeness (QED) is 0.469. The molecule has 1 saturated carbocycles. The van der Waals surface area contributed by atoms with Crippen molar-refractivity contribution < 1.29 is 18.7 Å². The molecule has 0 N–H and O–H groups in total. The summed E-state index contributed by atoms with van der Waals surface area (Å²) in [7, 11) is 1.22. The van der Waals surface area contributed by atoms with Crippen molar-refractivity contribution in [3.8, 4) is 0 Å². The molecule has 0 aliphatic heterocycles. The maximum absolute atomic E-state index is 13.3. The zero-order valence-electron chi connectivity index (χ0n) is 10.8. The van der Waals surface area contributed by atoms with Gasteiger partial charge in [0.05, 0.1) is 17.3 Å². The van der Waals surface area contributed by atoms with Gasteiger partial charge in [-0.05, 0) is 40.9 Å². The Balaban J connectivity index is 2.17. The molecule has 106 valence electrons. The smallest absolute Gasteiger partial charge is 0.321 e. The molecule has 2 rings (SSSR count). The molecule has 0 saturated heterocycles. The third-order valence-electron chi connectivity index (χ3n) is 3.02. The van der Waals surface area contributed by atoms with Gasteiger partial charge in [0.15, 0.2) is 11.7 Å². The predicted octanol–water partition coefficient (Wildman–Crippen LogP) is 3.06. The molecule has 0 amide bonds. The normalized spacial score (nSPS) is 16.1. The van der Waals surface area contributed by atoms with Crippen molar-refractivity contribution >= 4 is 39.6 Å². The number of methoxy groups -OCH3 is 1. The van der Waals surface area contributed by atoms with Gasteiger partial charge in [-0.15, -0.1) is 0 Å². The number of esters is 1. The van der Waals surface area contributed by atoms with Gasteiger partial charge in [-0.3, -0.25) is 14.6 Å². The van der Waals surface area contributed by atoms with Crippen LogP contribution >= 0.6 is 15.9 Å². The number of hydrogen-bond donors (Lipinski definition) is 0. The molecule has 0 spiro atoms. The van der Waals surface area contributed by atoms with Crippen LogP contribution < -0.4 is 0 Å². The Morgan fingerprint density at radius 2 is 2.20 bits per heavy atom. The highest BCUT2D eigenvalue weighted by atomic mass is 79.9. The van der Waals surface area contributed by atoms with Crippen LogP contribution in [0.4, 0.5) is 10.1 Å². The fraction of sp³-hybridized carbons (Fsp3) is 0.357. The van der Waals surface area contributed by atoms with E-state index >= 15 is 0 Å². The van der Waals surface area contributed by atoms with Gasteiger partial charge in [0, 0.05) is 18.2 Å². The highest BCUT2D eigenvalue weighted by molar-refractivity contribution is 9.10. The van der Waals surface area contributed by atoms with Gasteiger partial charge in [-0.25, -0.2) is 4.39 Å². The number of hydrogen-bond acceptors (Lipinski definition) is 4. The number of benzene rings is 1. The van der Waals surface area contributed by atoms with E-state index in [0.717, 1.165) is 12.8 Å². The van der Waals surface area contributed by atoms with Crippen molar-refractivity contribution in [2.45, 2.75) is 12.8 Å². The number of nitrogens with zero attached hydrogens (tertiary/aromatic N) is 1. The summed E-state index contributed by atoms with van der Waals surface area (Å²) in [6.45, 7) is 0. The molecule has 1 aliphatic carbocycles. The zero-order chi connectivity index (χ0) is 14.7. The Kier molecular flexibility index (Phi) is 4.65. The molecule has 0 radical (unpaired) electrons. The van der Waals surface area contributed by atoms with Crippen molar-refractivity contribution in [1.29, 1.82) is 0 Å². The fourth-order valence-corrected chi connectivity index (χ4v) is 1.97. The van der Waals surface area contributed by atoms with Crippen LogP contribution in [0.15, 0.2) is 27.7 Å². The molecule has 1 aromatic rings. The van der Waals surface area contributed by atoms with Crippen molar-refractivity contribution in [1.82, 2.24) is 0 Å². The third kappa shape index (κ3) is 3.50. The molecular formula is C14H13BrFNO3. The molecule has 4 nitrogen and oxygen atoms in total. The second-order valence-electron chi connectivity index (χ2n) is 4.55. The van der Waals surface area contributed by atoms with E-state index in [9.17, 15) is 14.0 Å². The largest absolute Gasteiger partial charge is 0.468 e. The van der Waals surface area contributed by atoms with Gasteiger partial charge in [-0.2, -0.15) is 0 Å². The number of carbonyl (C=O) groups is 2. The number of ketones is 1. The minimum atomic E-state index is -1.01. The highest BCUT2D eigenvalue weighted by Crippen LogP contribution is 2.32.